The van der Waals surface area contributed by atoms with Gasteiger partial charge in [0.05, 0.1) is 0 Å². The summed E-state index contributed by atoms with van der Waals surface area (Å²) < 4.78 is 1.30. The van der Waals surface area contributed by atoms with Gasteiger partial charge in [0.2, 0.25) is 0 Å². The second-order valence-electron chi connectivity index (χ2n) is 4.46. The van der Waals surface area contributed by atoms with Crippen LogP contribution in [0.4, 0.5) is 0 Å². The molecule has 0 unspecified atom stereocenters. The van der Waals surface area contributed by atoms with Crippen molar-refractivity contribution in [1.82, 2.24) is 0 Å². The van der Waals surface area contributed by atoms with Gasteiger partial charge in [0, 0.05) is 4.47 Å². The molecule has 1 aromatic carbocycles. The van der Waals surface area contributed by atoms with Crippen LogP contribution in [0.25, 0.3) is 0 Å². The summed E-state index contributed by atoms with van der Waals surface area (Å²) in [4.78, 5) is 0. The Kier molecular flexibility index (Phi) is 6.12. The van der Waals surface area contributed by atoms with E-state index in [1.807, 2.05) is 0 Å². The Hall–Kier alpha value is -0.300. The largest absolute Gasteiger partial charge is 0.0651 e. The lowest BCUT2D eigenvalue weighted by Crippen LogP contribution is -1.98. The fourth-order valence-electron chi connectivity index (χ4n) is 2.18. The lowest BCUT2D eigenvalue weighted by atomic mass is 9.96. The fraction of sp³-hybridized carbons (Fsp3) is 0.600. The molecule has 0 N–H and O–H groups in total. The Morgan fingerprint density at radius 1 is 0.750 bits per heavy atom. The van der Waals surface area contributed by atoms with Gasteiger partial charge in [0.1, 0.15) is 0 Å². The monoisotopic (exact) mass is 282 g/mol. The van der Waals surface area contributed by atoms with Crippen molar-refractivity contribution in [2.75, 3.05) is 0 Å². The van der Waals surface area contributed by atoms with E-state index < -0.39 is 0 Å². The summed E-state index contributed by atoms with van der Waals surface area (Å²) >= 11 is 3.70. The topological polar surface area (TPSA) is 0 Å². The molecule has 0 amide bonds. The van der Waals surface area contributed by atoms with Crippen LogP contribution in [0.1, 0.15) is 56.7 Å². The number of hydrogen-bond donors (Lipinski definition) is 0. The first kappa shape index (κ1) is 13.8. The van der Waals surface area contributed by atoms with E-state index in [-0.39, 0.29) is 0 Å². The molecule has 1 aromatic rings. The predicted molar refractivity (Wildman–Crippen MR) is 76.1 cm³/mol. The van der Waals surface area contributed by atoms with Crippen molar-refractivity contribution in [3.63, 3.8) is 0 Å². The molecule has 0 fully saturated rings. The first-order chi connectivity index (χ1) is 7.72. The van der Waals surface area contributed by atoms with Crippen LogP contribution in [-0.4, -0.2) is 0 Å². The first-order valence-electron chi connectivity index (χ1n) is 6.53. The highest BCUT2D eigenvalue weighted by Crippen LogP contribution is 2.25. The SMILES string of the molecule is CCCc1cc(CCC)c(CCC)cc1Br. The van der Waals surface area contributed by atoms with Crippen molar-refractivity contribution in [3.8, 4) is 0 Å². The quantitative estimate of drug-likeness (QED) is 0.664. The van der Waals surface area contributed by atoms with Crippen LogP contribution in [0.15, 0.2) is 16.6 Å². The van der Waals surface area contributed by atoms with E-state index in [0.29, 0.717) is 0 Å². The van der Waals surface area contributed by atoms with Gasteiger partial charge < -0.3 is 0 Å². The minimum atomic E-state index is 1.18. The summed E-state index contributed by atoms with van der Waals surface area (Å²) in [6.45, 7) is 6.76. The van der Waals surface area contributed by atoms with E-state index in [1.54, 1.807) is 5.56 Å². The fourth-order valence-corrected chi connectivity index (χ4v) is 2.76. The third-order valence-electron chi connectivity index (χ3n) is 2.93. The average Bonchev–Trinajstić information content (AvgIpc) is 2.25. The highest BCUT2D eigenvalue weighted by Gasteiger charge is 2.07. The molecule has 0 atom stereocenters. The van der Waals surface area contributed by atoms with Gasteiger partial charge in [-0.1, -0.05) is 62.0 Å². The van der Waals surface area contributed by atoms with Gasteiger partial charge in [-0.15, -0.1) is 0 Å². The molecule has 0 aromatic heterocycles. The highest BCUT2D eigenvalue weighted by molar-refractivity contribution is 9.10. The molecular formula is C15H23Br. The van der Waals surface area contributed by atoms with Gasteiger partial charge in [-0.05, 0) is 42.0 Å². The van der Waals surface area contributed by atoms with Crippen molar-refractivity contribution >= 4 is 15.9 Å². The Balaban J connectivity index is 3.03. The summed E-state index contributed by atoms with van der Waals surface area (Å²) in [6.07, 6.45) is 7.31. The van der Waals surface area contributed by atoms with Gasteiger partial charge in [-0.25, -0.2) is 0 Å². The lowest BCUT2D eigenvalue weighted by Gasteiger charge is -2.12. The average molecular weight is 283 g/mol. The maximum absolute atomic E-state index is 3.70. The van der Waals surface area contributed by atoms with Crippen LogP contribution in [0, 0.1) is 0 Å². The van der Waals surface area contributed by atoms with Crippen LogP contribution in [0.3, 0.4) is 0 Å². The Labute approximate surface area is 109 Å². The van der Waals surface area contributed by atoms with E-state index in [2.05, 4.69) is 48.8 Å². The molecule has 0 aliphatic heterocycles. The molecular weight excluding hydrogens is 260 g/mol. The number of rotatable bonds is 6. The number of hydrogen-bond acceptors (Lipinski definition) is 0. The van der Waals surface area contributed by atoms with E-state index in [4.69, 9.17) is 0 Å². The third-order valence-corrected chi connectivity index (χ3v) is 3.66. The highest BCUT2D eigenvalue weighted by atomic mass is 79.9. The molecule has 0 saturated heterocycles. The normalized spacial score (nSPS) is 10.8. The molecule has 0 aliphatic rings. The molecule has 1 rings (SSSR count). The first-order valence-corrected chi connectivity index (χ1v) is 7.32. The molecule has 0 aliphatic carbocycles. The second-order valence-corrected chi connectivity index (χ2v) is 5.32. The summed E-state index contributed by atoms with van der Waals surface area (Å²) in [7, 11) is 0. The Bertz CT molecular complexity index is 328. The van der Waals surface area contributed by atoms with Crippen LogP contribution in [-0.2, 0) is 19.3 Å². The smallest absolute Gasteiger partial charge is 0.0210 e. The molecule has 0 radical (unpaired) electrons. The van der Waals surface area contributed by atoms with Gasteiger partial charge in [0.25, 0.3) is 0 Å². The maximum atomic E-state index is 3.70. The molecule has 0 bridgehead atoms. The van der Waals surface area contributed by atoms with E-state index in [1.165, 1.54) is 54.1 Å². The molecule has 0 heterocycles. The van der Waals surface area contributed by atoms with Crippen molar-refractivity contribution in [3.05, 3.63) is 33.3 Å². The van der Waals surface area contributed by atoms with Gasteiger partial charge in [0.15, 0.2) is 0 Å². The molecule has 0 nitrogen and oxygen atoms in total. The number of aryl methyl sites for hydroxylation is 3. The Morgan fingerprint density at radius 2 is 1.19 bits per heavy atom. The predicted octanol–water partition coefficient (Wildman–Crippen LogP) is 5.31. The lowest BCUT2D eigenvalue weighted by molar-refractivity contribution is 0.847. The zero-order valence-electron chi connectivity index (χ0n) is 10.8. The maximum Gasteiger partial charge on any atom is 0.0210 e. The second kappa shape index (κ2) is 7.11. The summed E-state index contributed by atoms with van der Waals surface area (Å²) in [5, 5.41) is 0. The van der Waals surface area contributed by atoms with Crippen LogP contribution >= 0.6 is 15.9 Å². The van der Waals surface area contributed by atoms with Gasteiger partial charge in [-0.2, -0.15) is 0 Å². The third kappa shape index (κ3) is 3.62. The Morgan fingerprint density at radius 3 is 1.69 bits per heavy atom. The van der Waals surface area contributed by atoms with Crippen molar-refractivity contribution in [1.29, 1.82) is 0 Å². The van der Waals surface area contributed by atoms with E-state index in [0.717, 1.165) is 0 Å². The van der Waals surface area contributed by atoms with Crippen LogP contribution in [0.2, 0.25) is 0 Å². The molecule has 1 heteroatoms. The van der Waals surface area contributed by atoms with Crippen LogP contribution in [0.5, 0.6) is 0 Å². The zero-order valence-corrected chi connectivity index (χ0v) is 12.4. The summed E-state index contributed by atoms with van der Waals surface area (Å²) in [6, 6.07) is 4.77. The van der Waals surface area contributed by atoms with Crippen LogP contribution < -0.4 is 0 Å². The van der Waals surface area contributed by atoms with E-state index in [9.17, 15) is 0 Å². The van der Waals surface area contributed by atoms with E-state index >= 15 is 0 Å². The molecule has 16 heavy (non-hydrogen) atoms. The molecule has 0 spiro atoms. The van der Waals surface area contributed by atoms with Crippen molar-refractivity contribution in [2.24, 2.45) is 0 Å². The summed E-state index contributed by atoms with van der Waals surface area (Å²) in [5.41, 5.74) is 4.58. The van der Waals surface area contributed by atoms with Gasteiger partial charge >= 0.3 is 0 Å². The number of halogens is 1. The standard InChI is InChI=1S/C15H23Br/c1-4-7-12-10-14(9-6-3)15(16)11-13(12)8-5-2/h10-11H,4-9H2,1-3H3. The zero-order chi connectivity index (χ0) is 12.0. The molecule has 90 valence electrons. The van der Waals surface area contributed by atoms with Crippen molar-refractivity contribution < 1.29 is 0 Å². The van der Waals surface area contributed by atoms with Crippen molar-refractivity contribution in [2.45, 2.75) is 59.3 Å². The minimum Gasteiger partial charge on any atom is -0.0651 e. The number of benzene rings is 1. The summed E-state index contributed by atoms with van der Waals surface area (Å²) in [5.74, 6) is 0. The molecule has 0 saturated carbocycles. The van der Waals surface area contributed by atoms with Gasteiger partial charge in [-0.3, -0.25) is 0 Å². The minimum absolute atomic E-state index is 1.18.